The quantitative estimate of drug-likeness (QED) is 0.149. The van der Waals surface area contributed by atoms with Crippen molar-refractivity contribution in [2.24, 2.45) is 0 Å². The minimum Gasteiger partial charge on any atom is -0.456 e. The molecule has 0 amide bonds. The van der Waals surface area contributed by atoms with E-state index in [1.54, 1.807) is 0 Å². The average molecular weight is 1320 g/mol. The van der Waals surface area contributed by atoms with Gasteiger partial charge in [-0.15, -0.1) is 11.3 Å². The van der Waals surface area contributed by atoms with E-state index in [4.69, 9.17) is 4.42 Å². The Morgan fingerprint density at radius 3 is 1.00 bits per heavy atom. The van der Waals surface area contributed by atoms with E-state index in [1.165, 1.54) is 158 Å². The maximum absolute atomic E-state index is 6.30. The monoisotopic (exact) mass is 1320 g/mol. The third-order valence-electron chi connectivity index (χ3n) is 21.1. The molecule has 6 aromatic heterocycles. The molecule has 0 saturated carbocycles. The van der Waals surface area contributed by atoms with Gasteiger partial charge in [-0.2, -0.15) is 0 Å². The molecule has 0 aliphatic rings. The van der Waals surface area contributed by atoms with Crippen LogP contribution in [0.5, 0.6) is 0 Å². The number of fused-ring (bicyclic) bond motifs is 18. The summed E-state index contributed by atoms with van der Waals surface area (Å²) in [7, 11) is 0. The number of thiophene rings is 1. The molecule has 0 aliphatic heterocycles. The number of hydrogen-bond donors (Lipinski definition) is 0. The lowest BCUT2D eigenvalue weighted by atomic mass is 10.0. The molecule has 6 heterocycles. The zero-order valence-corrected chi connectivity index (χ0v) is 56.1. The maximum Gasteiger partial charge on any atom is 0.137 e. The van der Waals surface area contributed by atoms with Crippen molar-refractivity contribution in [3.05, 3.63) is 364 Å². The van der Waals surface area contributed by atoms with Crippen LogP contribution in [-0.4, -0.2) is 18.3 Å². The smallest absolute Gasteiger partial charge is 0.137 e. The minimum atomic E-state index is 0.899. The lowest BCUT2D eigenvalue weighted by Gasteiger charge is -2.11. The van der Waals surface area contributed by atoms with Crippen LogP contribution in [0.2, 0.25) is 0 Å². The predicted molar refractivity (Wildman–Crippen MR) is 432 cm³/mol. The Morgan fingerprint density at radius 2 is 0.520 bits per heavy atom. The molecule has 0 radical (unpaired) electrons. The second kappa shape index (κ2) is 23.2. The first-order valence-corrected chi connectivity index (χ1v) is 35.7. The van der Waals surface area contributed by atoms with E-state index in [0.717, 1.165) is 39.0 Å². The number of nitrogens with zero attached hydrogens (tertiary/aromatic N) is 4. The third-order valence-corrected chi connectivity index (χ3v) is 22.3. The maximum atomic E-state index is 6.30. The number of rotatable bonds is 8. The topological polar surface area (TPSA) is 32.9 Å². The Bertz CT molecular complexity index is 7100. The second-order valence-corrected chi connectivity index (χ2v) is 27.7. The highest BCUT2D eigenvalue weighted by atomic mass is 32.1. The molecule has 0 atom stereocenters. The van der Waals surface area contributed by atoms with Gasteiger partial charge in [-0.1, -0.05) is 237 Å². The van der Waals surface area contributed by atoms with Crippen molar-refractivity contribution in [1.82, 2.24) is 18.3 Å². The molecule has 16 aromatic carbocycles. The fourth-order valence-electron chi connectivity index (χ4n) is 16.4. The Morgan fingerprint density at radius 1 is 0.196 bits per heavy atom. The molecule has 22 rings (SSSR count). The van der Waals surface area contributed by atoms with Crippen LogP contribution >= 0.6 is 11.3 Å². The summed E-state index contributed by atoms with van der Waals surface area (Å²) >= 11 is 1.88. The summed E-state index contributed by atoms with van der Waals surface area (Å²) in [6.07, 6.45) is 0. The predicted octanol–water partition coefficient (Wildman–Crippen LogP) is 26.7. The Kier molecular flexibility index (Phi) is 13.1. The highest BCUT2D eigenvalue weighted by Crippen LogP contribution is 2.45. The molecule has 102 heavy (non-hydrogen) atoms. The number of hydrogen-bond acceptors (Lipinski definition) is 2. The van der Waals surface area contributed by atoms with Gasteiger partial charge in [-0.3, -0.25) is 0 Å². The Balaban J connectivity index is 0.000000133. The molecule has 0 spiro atoms. The van der Waals surface area contributed by atoms with Crippen molar-refractivity contribution in [3.63, 3.8) is 0 Å². The summed E-state index contributed by atoms with van der Waals surface area (Å²) < 4.78 is 18.6. The first-order valence-electron chi connectivity index (χ1n) is 34.9. The molecule has 0 fully saturated rings. The average Bonchev–Trinajstić information content (AvgIpc) is 1.58. The first kappa shape index (κ1) is 57.8. The summed E-state index contributed by atoms with van der Waals surface area (Å²) in [4.78, 5) is 0. The van der Waals surface area contributed by atoms with Crippen LogP contribution in [0, 0.1) is 0 Å². The number of benzene rings is 16. The fraction of sp³-hybridized carbons (Fsp3) is 0. The van der Waals surface area contributed by atoms with E-state index in [1.807, 2.05) is 23.5 Å². The van der Waals surface area contributed by atoms with Crippen molar-refractivity contribution in [3.8, 4) is 67.3 Å². The van der Waals surface area contributed by atoms with Crippen LogP contribution in [-0.2, 0) is 0 Å². The summed E-state index contributed by atoms with van der Waals surface area (Å²) in [6, 6.07) is 132. The largest absolute Gasteiger partial charge is 0.456 e. The summed E-state index contributed by atoms with van der Waals surface area (Å²) in [6.45, 7) is 0. The summed E-state index contributed by atoms with van der Waals surface area (Å²) in [5, 5.41) is 14.9. The van der Waals surface area contributed by atoms with Gasteiger partial charge in [-0.25, -0.2) is 0 Å². The van der Waals surface area contributed by atoms with Gasteiger partial charge in [0.25, 0.3) is 0 Å². The second-order valence-electron chi connectivity index (χ2n) is 26.7. The van der Waals surface area contributed by atoms with Crippen LogP contribution in [0.15, 0.2) is 368 Å². The Labute approximate surface area is 590 Å². The first-order chi connectivity index (χ1) is 50.6. The number of aromatic nitrogens is 4. The van der Waals surface area contributed by atoms with Gasteiger partial charge in [0.15, 0.2) is 0 Å². The van der Waals surface area contributed by atoms with Gasteiger partial charge >= 0.3 is 0 Å². The molecular weight excluding hydrogens is 1260 g/mol. The van der Waals surface area contributed by atoms with Gasteiger partial charge in [0.2, 0.25) is 0 Å². The zero-order valence-electron chi connectivity index (χ0n) is 55.2. The van der Waals surface area contributed by atoms with Gasteiger partial charge in [-0.05, 0) is 172 Å². The third kappa shape index (κ3) is 9.10. The summed E-state index contributed by atoms with van der Waals surface area (Å²) in [5.41, 5.74) is 25.9. The van der Waals surface area contributed by atoms with E-state index in [-0.39, 0.29) is 0 Å². The van der Waals surface area contributed by atoms with Crippen LogP contribution in [0.1, 0.15) is 0 Å². The highest BCUT2D eigenvalue weighted by molar-refractivity contribution is 7.26. The van der Waals surface area contributed by atoms with Gasteiger partial charge < -0.3 is 22.7 Å². The molecule has 0 unspecified atom stereocenters. The van der Waals surface area contributed by atoms with Crippen LogP contribution in [0.4, 0.5) is 0 Å². The van der Waals surface area contributed by atoms with Crippen molar-refractivity contribution in [2.75, 3.05) is 0 Å². The molecule has 0 bridgehead atoms. The van der Waals surface area contributed by atoms with E-state index < -0.39 is 0 Å². The molecule has 476 valence electrons. The summed E-state index contributed by atoms with van der Waals surface area (Å²) in [5.74, 6) is 0. The van der Waals surface area contributed by atoms with Crippen molar-refractivity contribution < 1.29 is 4.42 Å². The SMILES string of the molecule is c1ccc(-c2ccc(-n3c4ccccc4c4cc(-c5ccc6c(c5)c5ccccc5n6-c5cccc6c5sc5ccccc56)ccc43)cc2)cc1.c1ccc(-c2ccc(-n3c4ccccc4c4cc(-c5ccc6c(c5)c5ccccc5n6-c5cccc6oc7ccccc7c56)ccc43)cc2)cc1. The zero-order chi connectivity index (χ0) is 66.9. The van der Waals surface area contributed by atoms with E-state index >= 15 is 0 Å². The minimum absolute atomic E-state index is 0.899. The molecule has 5 nitrogen and oxygen atoms in total. The lowest BCUT2D eigenvalue weighted by molar-refractivity contribution is 0.669. The molecule has 0 saturated heterocycles. The van der Waals surface area contributed by atoms with Crippen LogP contribution < -0.4 is 0 Å². The fourth-order valence-corrected chi connectivity index (χ4v) is 17.6. The molecule has 6 heteroatoms. The van der Waals surface area contributed by atoms with Gasteiger partial charge in [0, 0.05) is 75.3 Å². The number of furan rings is 1. The van der Waals surface area contributed by atoms with Crippen molar-refractivity contribution in [2.45, 2.75) is 0 Å². The van der Waals surface area contributed by atoms with E-state index in [9.17, 15) is 0 Å². The number of para-hydroxylation sites is 5. The van der Waals surface area contributed by atoms with Crippen LogP contribution in [0.25, 0.3) is 197 Å². The molecule has 0 N–H and O–H groups in total. The van der Waals surface area contributed by atoms with Crippen LogP contribution in [0.3, 0.4) is 0 Å². The molecule has 22 aromatic rings. The Hall–Kier alpha value is -13.3. The van der Waals surface area contributed by atoms with Gasteiger partial charge in [0.05, 0.1) is 65.6 Å². The lowest BCUT2D eigenvalue weighted by Crippen LogP contribution is -1.94. The van der Waals surface area contributed by atoms with Crippen molar-refractivity contribution >= 4 is 141 Å². The normalized spacial score (nSPS) is 11.9. The van der Waals surface area contributed by atoms with E-state index in [2.05, 4.69) is 370 Å². The standard InChI is InChI=1S/C48H30N2O.C48H30N2S/c1-2-11-31(12-3-1)32-21-25-35(26-22-32)49-41-16-7-4-13-36(41)39-29-33(23-27-43(39)49)34-24-28-44-40(30-34)37-14-5-8-17-42(37)50(44)45-18-10-20-47-48(45)38-15-6-9-19-46(38)51-47;1-2-11-31(12-3-1)32-21-25-35(26-22-32)49-42-17-7-4-13-36(42)40-29-33(23-27-44(40)49)34-24-28-45-41(30-34)37-14-5-8-18-43(37)50(45)46-19-10-16-39-38-15-6-9-20-47(38)51-48(39)46/h2*1-30H. The van der Waals surface area contributed by atoms with Gasteiger partial charge in [0.1, 0.15) is 11.2 Å². The van der Waals surface area contributed by atoms with E-state index in [0.29, 0.717) is 0 Å². The highest BCUT2D eigenvalue weighted by Gasteiger charge is 2.22. The van der Waals surface area contributed by atoms with Crippen molar-refractivity contribution in [1.29, 1.82) is 0 Å². The molecule has 0 aliphatic carbocycles. The molecular formula is C96H60N4OS.